The number of hydrogen-bond acceptors (Lipinski definition) is 8. The number of nitro benzene ring substituents is 2. The van der Waals surface area contributed by atoms with E-state index in [0.717, 1.165) is 0 Å². The standard InChI is InChI=1S/C18H9N3O8/c22-17(14-7-9-5-11(20(24)25)1-3-13(9)19-14)29-18(23)16-8-10-6-12(21(26)27)2-4-15(10)28-16/h1-8,19H. The van der Waals surface area contributed by atoms with Crippen LogP contribution in [-0.4, -0.2) is 26.8 Å². The van der Waals surface area contributed by atoms with Gasteiger partial charge in [0.05, 0.1) is 9.85 Å². The normalized spacial score (nSPS) is 10.9. The molecule has 0 radical (unpaired) electrons. The molecule has 0 amide bonds. The second-order valence-electron chi connectivity index (χ2n) is 5.98. The van der Waals surface area contributed by atoms with Gasteiger partial charge in [0.1, 0.15) is 11.3 Å². The number of esters is 2. The summed E-state index contributed by atoms with van der Waals surface area (Å²) in [7, 11) is 0. The van der Waals surface area contributed by atoms with Gasteiger partial charge in [-0.1, -0.05) is 0 Å². The third-order valence-corrected chi connectivity index (χ3v) is 4.13. The van der Waals surface area contributed by atoms with E-state index in [9.17, 15) is 29.8 Å². The summed E-state index contributed by atoms with van der Waals surface area (Å²) in [6.45, 7) is 0. The third-order valence-electron chi connectivity index (χ3n) is 4.13. The maximum Gasteiger partial charge on any atom is 0.382 e. The minimum absolute atomic E-state index is 0.0828. The first kappa shape index (κ1) is 17.9. The molecular weight excluding hydrogens is 386 g/mol. The molecule has 2 aromatic carbocycles. The average Bonchev–Trinajstić information content (AvgIpc) is 3.30. The fourth-order valence-corrected chi connectivity index (χ4v) is 2.78. The number of aromatic amines is 1. The Labute approximate surface area is 159 Å². The van der Waals surface area contributed by atoms with Gasteiger partial charge in [-0.3, -0.25) is 20.2 Å². The Hall–Kier alpha value is -4.54. The number of nitrogens with zero attached hydrogens (tertiary/aromatic N) is 2. The number of ether oxygens (including phenoxy) is 1. The van der Waals surface area contributed by atoms with E-state index in [4.69, 9.17) is 9.15 Å². The van der Waals surface area contributed by atoms with Gasteiger partial charge < -0.3 is 14.1 Å². The molecule has 0 fully saturated rings. The molecule has 0 aliphatic heterocycles. The molecule has 11 nitrogen and oxygen atoms in total. The van der Waals surface area contributed by atoms with Gasteiger partial charge in [0.15, 0.2) is 0 Å². The molecule has 0 aliphatic rings. The van der Waals surface area contributed by atoms with Crippen molar-refractivity contribution in [2.24, 2.45) is 0 Å². The third kappa shape index (κ3) is 3.27. The lowest BCUT2D eigenvalue weighted by atomic mass is 10.2. The van der Waals surface area contributed by atoms with Crippen LogP contribution in [0.1, 0.15) is 21.0 Å². The molecule has 0 saturated heterocycles. The number of carbonyl (C=O) groups excluding carboxylic acids is 2. The number of H-pyrrole nitrogens is 1. The van der Waals surface area contributed by atoms with Crippen LogP contribution in [0.3, 0.4) is 0 Å². The maximum absolute atomic E-state index is 12.2. The lowest BCUT2D eigenvalue weighted by Gasteiger charge is -1.98. The Morgan fingerprint density at radius 2 is 1.52 bits per heavy atom. The second kappa shape index (κ2) is 6.56. The Morgan fingerprint density at radius 1 is 0.862 bits per heavy atom. The summed E-state index contributed by atoms with van der Waals surface area (Å²) < 4.78 is 10.0. The number of furan rings is 1. The van der Waals surface area contributed by atoms with E-state index in [1.165, 1.54) is 48.5 Å². The maximum atomic E-state index is 12.2. The lowest BCUT2D eigenvalue weighted by molar-refractivity contribution is -0.384. The molecule has 4 rings (SSSR count). The molecule has 29 heavy (non-hydrogen) atoms. The molecule has 11 heteroatoms. The van der Waals surface area contributed by atoms with Crippen molar-refractivity contribution in [2.45, 2.75) is 0 Å². The Bertz CT molecular complexity index is 1230. The van der Waals surface area contributed by atoms with Crippen LogP contribution in [0.15, 0.2) is 52.9 Å². The van der Waals surface area contributed by atoms with Gasteiger partial charge in [0.25, 0.3) is 11.4 Å². The van der Waals surface area contributed by atoms with Crippen molar-refractivity contribution in [3.63, 3.8) is 0 Å². The number of nitro groups is 2. The summed E-state index contributed by atoms with van der Waals surface area (Å²) >= 11 is 0. The SMILES string of the molecule is O=C(OC(=O)c1cc2cc([N+](=O)[O-])ccc2o1)c1cc2cc([N+](=O)[O-])ccc2[nH]1. The zero-order chi connectivity index (χ0) is 20.7. The summed E-state index contributed by atoms with van der Waals surface area (Å²) in [5.41, 5.74) is 0.255. The smallest absolute Gasteiger partial charge is 0.382 e. The van der Waals surface area contributed by atoms with E-state index in [1.54, 1.807) is 0 Å². The molecule has 1 N–H and O–H groups in total. The molecule has 144 valence electrons. The Balaban J connectivity index is 1.57. The highest BCUT2D eigenvalue weighted by Crippen LogP contribution is 2.25. The van der Waals surface area contributed by atoms with Crippen LogP contribution in [0.2, 0.25) is 0 Å². The van der Waals surface area contributed by atoms with Crippen LogP contribution in [0, 0.1) is 20.2 Å². The van der Waals surface area contributed by atoms with Gasteiger partial charge >= 0.3 is 11.9 Å². The van der Waals surface area contributed by atoms with Gasteiger partial charge in [0, 0.05) is 40.6 Å². The predicted molar refractivity (Wildman–Crippen MR) is 97.6 cm³/mol. The molecule has 0 saturated carbocycles. The summed E-state index contributed by atoms with van der Waals surface area (Å²) in [5, 5.41) is 22.3. The van der Waals surface area contributed by atoms with Crippen molar-refractivity contribution in [2.75, 3.05) is 0 Å². The quantitative estimate of drug-likeness (QED) is 0.237. The Kier molecular flexibility index (Phi) is 4.04. The van der Waals surface area contributed by atoms with Crippen molar-refractivity contribution in [3.05, 3.63) is 80.2 Å². The summed E-state index contributed by atoms with van der Waals surface area (Å²) in [6.07, 6.45) is 0. The van der Waals surface area contributed by atoms with E-state index in [2.05, 4.69) is 4.98 Å². The number of non-ortho nitro benzene ring substituents is 2. The highest BCUT2D eigenvalue weighted by Gasteiger charge is 2.21. The first-order valence-corrected chi connectivity index (χ1v) is 8.03. The molecule has 0 atom stereocenters. The topological polar surface area (TPSA) is 159 Å². The molecule has 2 heterocycles. The highest BCUT2D eigenvalue weighted by molar-refractivity contribution is 6.04. The predicted octanol–water partition coefficient (Wildman–Crippen LogP) is 3.73. The van der Waals surface area contributed by atoms with Gasteiger partial charge in [-0.25, -0.2) is 9.59 Å². The van der Waals surface area contributed by atoms with Crippen LogP contribution >= 0.6 is 0 Å². The van der Waals surface area contributed by atoms with Gasteiger partial charge in [-0.2, -0.15) is 0 Å². The molecule has 2 aromatic heterocycles. The summed E-state index contributed by atoms with van der Waals surface area (Å²) in [6, 6.07) is 10.3. The minimum Gasteiger partial charge on any atom is -0.449 e. The zero-order valence-corrected chi connectivity index (χ0v) is 14.3. The number of rotatable bonds is 4. The van der Waals surface area contributed by atoms with Gasteiger partial charge in [-0.05, 0) is 24.3 Å². The number of carbonyl (C=O) groups is 2. The van der Waals surface area contributed by atoms with E-state index < -0.39 is 21.8 Å². The molecular formula is C18H9N3O8. The minimum atomic E-state index is -1.08. The largest absolute Gasteiger partial charge is 0.449 e. The van der Waals surface area contributed by atoms with Crippen LogP contribution in [0.4, 0.5) is 11.4 Å². The van der Waals surface area contributed by atoms with Crippen molar-refractivity contribution in [1.82, 2.24) is 4.98 Å². The number of aromatic nitrogens is 1. The second-order valence-corrected chi connectivity index (χ2v) is 5.98. The molecule has 4 aromatic rings. The number of hydrogen-bond donors (Lipinski definition) is 1. The van der Waals surface area contributed by atoms with E-state index in [1.807, 2.05) is 0 Å². The van der Waals surface area contributed by atoms with Crippen LogP contribution in [-0.2, 0) is 4.74 Å². The zero-order valence-electron chi connectivity index (χ0n) is 14.3. The van der Waals surface area contributed by atoms with Crippen molar-refractivity contribution in [1.29, 1.82) is 0 Å². The molecule has 0 aliphatic carbocycles. The Morgan fingerprint density at radius 3 is 2.21 bits per heavy atom. The molecule has 0 unspecified atom stereocenters. The molecule has 0 spiro atoms. The van der Waals surface area contributed by atoms with Gasteiger partial charge in [0.2, 0.25) is 5.76 Å². The summed E-state index contributed by atoms with van der Waals surface area (Å²) in [5.74, 6) is -2.40. The number of benzene rings is 2. The highest BCUT2D eigenvalue weighted by atomic mass is 16.6. The van der Waals surface area contributed by atoms with Crippen molar-refractivity contribution < 1.29 is 28.6 Å². The van der Waals surface area contributed by atoms with Gasteiger partial charge in [-0.15, -0.1) is 0 Å². The van der Waals surface area contributed by atoms with E-state index in [0.29, 0.717) is 16.3 Å². The first-order valence-electron chi connectivity index (χ1n) is 8.03. The fourth-order valence-electron chi connectivity index (χ4n) is 2.78. The fraction of sp³-hybridized carbons (Fsp3) is 0. The van der Waals surface area contributed by atoms with Crippen LogP contribution < -0.4 is 0 Å². The average molecular weight is 395 g/mol. The monoisotopic (exact) mass is 395 g/mol. The number of nitrogens with one attached hydrogen (secondary N) is 1. The summed E-state index contributed by atoms with van der Waals surface area (Å²) in [4.78, 5) is 47.6. The lowest BCUT2D eigenvalue weighted by Crippen LogP contribution is -2.12. The van der Waals surface area contributed by atoms with Crippen molar-refractivity contribution >= 4 is 45.2 Å². The van der Waals surface area contributed by atoms with Crippen LogP contribution in [0.25, 0.3) is 21.9 Å². The van der Waals surface area contributed by atoms with Crippen molar-refractivity contribution in [3.8, 4) is 0 Å². The van der Waals surface area contributed by atoms with Crippen LogP contribution in [0.5, 0.6) is 0 Å². The number of fused-ring (bicyclic) bond motifs is 2. The molecule has 0 bridgehead atoms. The van der Waals surface area contributed by atoms with E-state index >= 15 is 0 Å². The first-order chi connectivity index (χ1) is 13.8. The van der Waals surface area contributed by atoms with E-state index in [-0.39, 0.29) is 28.4 Å².